The second-order valence-corrected chi connectivity index (χ2v) is 4.94. The molecule has 124 valence electrons. The lowest BCUT2D eigenvalue weighted by Gasteiger charge is -2.06. The summed E-state index contributed by atoms with van der Waals surface area (Å²) in [5, 5.41) is 8.25. The third kappa shape index (κ3) is 4.13. The monoisotopic (exact) mass is 353 g/mol. The number of benzene rings is 1. The fourth-order valence-corrected chi connectivity index (χ4v) is 1.90. The van der Waals surface area contributed by atoms with E-state index in [0.717, 1.165) is 0 Å². The summed E-state index contributed by atoms with van der Waals surface area (Å²) in [4.78, 5) is 7.78. The van der Waals surface area contributed by atoms with Gasteiger partial charge in [0.1, 0.15) is 18.1 Å². The molecule has 0 aliphatic heterocycles. The lowest BCUT2D eigenvalue weighted by molar-refractivity contribution is -0.0498. The molecule has 0 radical (unpaired) electrons. The van der Waals surface area contributed by atoms with Crippen molar-refractivity contribution in [2.24, 2.45) is 0 Å². The normalized spacial score (nSPS) is 10.8. The van der Waals surface area contributed by atoms with Gasteiger partial charge >= 0.3 is 12.6 Å². The zero-order valence-electron chi connectivity index (χ0n) is 12.0. The summed E-state index contributed by atoms with van der Waals surface area (Å²) in [6.45, 7) is -2.80. The maximum Gasteiger partial charge on any atom is 0.387 e. The van der Waals surface area contributed by atoms with Crippen LogP contribution in [0.2, 0.25) is 5.02 Å². The Labute approximate surface area is 139 Å². The van der Waals surface area contributed by atoms with Gasteiger partial charge in [-0.05, 0) is 12.1 Å². The van der Waals surface area contributed by atoms with Crippen molar-refractivity contribution in [1.82, 2.24) is 25.0 Å². The summed E-state index contributed by atoms with van der Waals surface area (Å²) in [6, 6.07) is 6.26. The van der Waals surface area contributed by atoms with E-state index in [9.17, 15) is 8.78 Å². The van der Waals surface area contributed by atoms with Crippen LogP contribution in [0, 0.1) is 0 Å². The van der Waals surface area contributed by atoms with E-state index in [-0.39, 0.29) is 18.4 Å². The third-order valence-electron chi connectivity index (χ3n) is 2.79. The maximum atomic E-state index is 12.3. The van der Waals surface area contributed by atoms with E-state index in [1.54, 1.807) is 18.3 Å². The lowest BCUT2D eigenvalue weighted by atomic mass is 10.3. The quantitative estimate of drug-likeness (QED) is 0.678. The minimum atomic E-state index is -2.89. The van der Waals surface area contributed by atoms with Crippen LogP contribution in [0.1, 0.15) is 5.69 Å². The number of halogens is 3. The van der Waals surface area contributed by atoms with Crippen LogP contribution in [-0.4, -0.2) is 31.6 Å². The summed E-state index contributed by atoms with van der Waals surface area (Å²) in [6.07, 6.45) is 4.42. The summed E-state index contributed by atoms with van der Waals surface area (Å²) < 4.78 is 35.6. The molecule has 2 aromatic heterocycles. The van der Waals surface area contributed by atoms with Crippen LogP contribution in [0.3, 0.4) is 0 Å². The zero-order chi connectivity index (χ0) is 16.9. The Morgan fingerprint density at radius 1 is 1.21 bits per heavy atom. The van der Waals surface area contributed by atoms with E-state index < -0.39 is 6.61 Å². The smallest absolute Gasteiger partial charge is 0.387 e. The minimum absolute atomic E-state index is 0.0327. The van der Waals surface area contributed by atoms with E-state index in [0.29, 0.717) is 16.4 Å². The Bertz CT molecular complexity index is 813. The molecule has 0 N–H and O–H groups in total. The minimum Gasteiger partial charge on any atom is -0.457 e. The summed E-state index contributed by atoms with van der Waals surface area (Å²) in [7, 11) is 0. The Morgan fingerprint density at radius 3 is 2.75 bits per heavy atom. The van der Waals surface area contributed by atoms with Gasteiger partial charge in [-0.25, -0.2) is 14.6 Å². The predicted molar refractivity (Wildman–Crippen MR) is 79.4 cm³/mol. The third-order valence-corrected chi connectivity index (χ3v) is 2.99. The number of rotatable bonds is 6. The Morgan fingerprint density at radius 2 is 2.00 bits per heavy atom. The molecule has 0 aliphatic rings. The number of alkyl halides is 2. The highest BCUT2D eigenvalue weighted by Crippen LogP contribution is 2.18. The molecule has 2 heterocycles. The molecule has 0 saturated carbocycles. The van der Waals surface area contributed by atoms with Gasteiger partial charge in [-0.3, -0.25) is 0 Å². The van der Waals surface area contributed by atoms with Crippen LogP contribution >= 0.6 is 11.6 Å². The van der Waals surface area contributed by atoms with Gasteiger partial charge in [0, 0.05) is 6.07 Å². The van der Waals surface area contributed by atoms with Gasteiger partial charge in [-0.1, -0.05) is 22.9 Å². The summed E-state index contributed by atoms with van der Waals surface area (Å²) in [5.74, 6) is 0.0327. The second-order valence-electron chi connectivity index (χ2n) is 4.50. The molecule has 0 saturated heterocycles. The van der Waals surface area contributed by atoms with E-state index in [2.05, 4.69) is 25.0 Å². The topological polar surface area (TPSA) is 75.0 Å². The summed E-state index contributed by atoms with van der Waals surface area (Å²) in [5.41, 5.74) is 1.03. The van der Waals surface area contributed by atoms with E-state index in [1.807, 2.05) is 0 Å². The van der Waals surface area contributed by atoms with Gasteiger partial charge in [0.05, 0.1) is 29.3 Å². The molecule has 0 fully saturated rings. The van der Waals surface area contributed by atoms with Gasteiger partial charge in [0.2, 0.25) is 0 Å². The van der Waals surface area contributed by atoms with Crippen molar-refractivity contribution in [3.63, 3.8) is 0 Å². The molecular weight excluding hydrogens is 344 g/mol. The summed E-state index contributed by atoms with van der Waals surface area (Å²) >= 11 is 5.68. The fraction of sp³-hybridized carbons (Fsp3) is 0.143. The highest BCUT2D eigenvalue weighted by Gasteiger charge is 2.08. The average molecular weight is 354 g/mol. The van der Waals surface area contributed by atoms with Gasteiger partial charge in [0.15, 0.2) is 0 Å². The number of nitrogens with zero attached hydrogens (tertiary/aromatic N) is 5. The van der Waals surface area contributed by atoms with Crippen molar-refractivity contribution in [3.8, 4) is 17.4 Å². The zero-order valence-corrected chi connectivity index (χ0v) is 12.8. The first-order chi connectivity index (χ1) is 11.6. The highest BCUT2D eigenvalue weighted by molar-refractivity contribution is 6.30. The largest absolute Gasteiger partial charge is 0.457 e. The fourth-order valence-electron chi connectivity index (χ4n) is 1.81. The molecule has 0 unspecified atom stereocenters. The van der Waals surface area contributed by atoms with Crippen LogP contribution in [0.5, 0.6) is 11.8 Å². The van der Waals surface area contributed by atoms with Crippen LogP contribution in [0.15, 0.2) is 42.9 Å². The maximum absolute atomic E-state index is 12.3. The standard InChI is InChI=1S/C14H10ClF2N5O2/c15-9-5-18-14(19-6-9)23-8-10-7-22(21-20-10)11-2-1-3-12(4-11)24-13(16)17/h1-7,13H,8H2. The molecule has 0 bridgehead atoms. The molecule has 7 nitrogen and oxygen atoms in total. The van der Waals surface area contributed by atoms with Crippen LogP contribution in [-0.2, 0) is 6.61 Å². The molecule has 10 heteroatoms. The van der Waals surface area contributed by atoms with E-state index in [1.165, 1.54) is 29.2 Å². The molecule has 1 aromatic carbocycles. The Kier molecular flexibility index (Phi) is 4.80. The predicted octanol–water partition coefficient (Wildman–Crippen LogP) is 2.89. The highest BCUT2D eigenvalue weighted by atomic mass is 35.5. The van der Waals surface area contributed by atoms with Crippen molar-refractivity contribution < 1.29 is 18.3 Å². The number of hydrogen-bond donors (Lipinski definition) is 0. The van der Waals surface area contributed by atoms with Crippen molar-refractivity contribution >= 4 is 11.6 Å². The van der Waals surface area contributed by atoms with Gasteiger partial charge in [-0.2, -0.15) is 8.78 Å². The van der Waals surface area contributed by atoms with Crippen molar-refractivity contribution in [1.29, 1.82) is 0 Å². The number of ether oxygens (including phenoxy) is 2. The van der Waals surface area contributed by atoms with Crippen molar-refractivity contribution in [3.05, 3.63) is 53.6 Å². The van der Waals surface area contributed by atoms with Crippen LogP contribution in [0.4, 0.5) is 8.78 Å². The van der Waals surface area contributed by atoms with Crippen molar-refractivity contribution in [2.75, 3.05) is 0 Å². The Hall–Kier alpha value is -2.81. The molecule has 0 amide bonds. The molecule has 24 heavy (non-hydrogen) atoms. The molecule has 0 aliphatic carbocycles. The SMILES string of the molecule is FC(F)Oc1cccc(-n2cc(COc3ncc(Cl)cn3)nn2)c1. The molecule has 0 atom stereocenters. The average Bonchev–Trinajstić information content (AvgIpc) is 3.03. The lowest BCUT2D eigenvalue weighted by Crippen LogP contribution is -2.03. The van der Waals surface area contributed by atoms with Crippen LogP contribution in [0.25, 0.3) is 5.69 Å². The van der Waals surface area contributed by atoms with Gasteiger partial charge < -0.3 is 9.47 Å². The molecule has 3 aromatic rings. The number of aromatic nitrogens is 5. The molecule has 3 rings (SSSR count). The first kappa shape index (κ1) is 16.1. The Balaban J connectivity index is 1.67. The molecule has 0 spiro atoms. The first-order valence-electron chi connectivity index (χ1n) is 6.67. The molecular formula is C14H10ClF2N5O2. The van der Waals surface area contributed by atoms with E-state index >= 15 is 0 Å². The first-order valence-corrected chi connectivity index (χ1v) is 7.05. The van der Waals surface area contributed by atoms with Crippen molar-refractivity contribution in [2.45, 2.75) is 13.2 Å². The van der Waals surface area contributed by atoms with Gasteiger partial charge in [-0.15, -0.1) is 5.10 Å². The van der Waals surface area contributed by atoms with Crippen LogP contribution < -0.4 is 9.47 Å². The number of hydrogen-bond acceptors (Lipinski definition) is 6. The van der Waals surface area contributed by atoms with E-state index in [4.69, 9.17) is 16.3 Å². The second kappa shape index (κ2) is 7.18. The van der Waals surface area contributed by atoms with Gasteiger partial charge in [0.25, 0.3) is 0 Å².